The lowest BCUT2D eigenvalue weighted by molar-refractivity contribution is 0.385. The van der Waals surface area contributed by atoms with Gasteiger partial charge >= 0.3 is 0 Å². The third-order valence-corrected chi connectivity index (χ3v) is 5.71. The Kier molecular flexibility index (Phi) is 5.15. The first-order chi connectivity index (χ1) is 8.96. The van der Waals surface area contributed by atoms with Crippen LogP contribution in [-0.4, -0.2) is 14.2 Å². The van der Waals surface area contributed by atoms with Crippen molar-refractivity contribution in [3.8, 4) is 0 Å². The molecule has 0 bridgehead atoms. The monoisotopic (exact) mass is 365 g/mol. The molecule has 1 N–H and O–H groups in total. The minimum Gasteiger partial charge on any atom is -0.282 e. The summed E-state index contributed by atoms with van der Waals surface area (Å²) in [6.45, 7) is 0. The van der Waals surface area contributed by atoms with E-state index in [1.165, 1.54) is 6.42 Å². The van der Waals surface area contributed by atoms with E-state index >= 15 is 0 Å². The van der Waals surface area contributed by atoms with Crippen LogP contribution in [0.1, 0.15) is 32.1 Å². The Morgan fingerprint density at radius 3 is 2.58 bits per heavy atom. The lowest BCUT2D eigenvalue weighted by Crippen LogP contribution is -2.24. The molecule has 19 heavy (non-hydrogen) atoms. The van der Waals surface area contributed by atoms with Gasteiger partial charge in [-0.1, -0.05) is 30.9 Å². The molecule has 1 aliphatic carbocycles. The standard InChI is InChI=1S/C13H17BrClNO2S/c14-12-8-11(15)6-7-13(12)16-19(17,18)9-10-4-2-1-3-5-10/h6-8,10,16H,1-5,9H2. The molecular formula is C13H17BrClNO2S. The maximum Gasteiger partial charge on any atom is 0.233 e. The zero-order chi connectivity index (χ0) is 13.9. The zero-order valence-electron chi connectivity index (χ0n) is 10.5. The van der Waals surface area contributed by atoms with Crippen LogP contribution in [0.2, 0.25) is 5.02 Å². The zero-order valence-corrected chi connectivity index (χ0v) is 13.7. The van der Waals surface area contributed by atoms with Crippen LogP contribution in [0.4, 0.5) is 5.69 Å². The molecule has 1 aliphatic rings. The summed E-state index contributed by atoms with van der Waals surface area (Å²) in [6, 6.07) is 5.02. The molecular weight excluding hydrogens is 350 g/mol. The molecule has 0 aliphatic heterocycles. The third kappa shape index (κ3) is 4.65. The van der Waals surface area contributed by atoms with Crippen molar-refractivity contribution in [1.82, 2.24) is 0 Å². The van der Waals surface area contributed by atoms with Crippen molar-refractivity contribution in [2.24, 2.45) is 5.92 Å². The third-order valence-electron chi connectivity index (χ3n) is 3.38. The SMILES string of the molecule is O=S(=O)(CC1CCCCC1)Nc1ccc(Cl)cc1Br. The van der Waals surface area contributed by atoms with Gasteiger partial charge in [-0.2, -0.15) is 0 Å². The Balaban J connectivity index is 2.03. The second kappa shape index (κ2) is 6.46. The number of halogens is 2. The van der Waals surface area contributed by atoms with Gasteiger partial charge in [0.2, 0.25) is 10.0 Å². The van der Waals surface area contributed by atoms with E-state index in [9.17, 15) is 8.42 Å². The molecule has 0 spiro atoms. The second-order valence-electron chi connectivity index (χ2n) is 5.01. The van der Waals surface area contributed by atoms with E-state index in [1.54, 1.807) is 18.2 Å². The second-order valence-corrected chi connectivity index (χ2v) is 8.07. The summed E-state index contributed by atoms with van der Waals surface area (Å²) in [5.41, 5.74) is 0.542. The van der Waals surface area contributed by atoms with Gasteiger partial charge in [0.05, 0.1) is 11.4 Å². The van der Waals surface area contributed by atoms with Crippen LogP contribution in [0.15, 0.2) is 22.7 Å². The van der Waals surface area contributed by atoms with Crippen LogP contribution < -0.4 is 4.72 Å². The molecule has 1 aromatic carbocycles. The maximum absolute atomic E-state index is 12.1. The average Bonchev–Trinajstić information content (AvgIpc) is 2.33. The molecule has 3 nitrogen and oxygen atoms in total. The fraction of sp³-hybridized carbons (Fsp3) is 0.538. The number of benzene rings is 1. The molecule has 1 aromatic rings. The molecule has 0 heterocycles. The summed E-state index contributed by atoms with van der Waals surface area (Å²) >= 11 is 9.15. The Morgan fingerprint density at radius 1 is 1.26 bits per heavy atom. The van der Waals surface area contributed by atoms with Crippen molar-refractivity contribution in [1.29, 1.82) is 0 Å². The summed E-state index contributed by atoms with van der Waals surface area (Å²) in [5, 5.41) is 0.571. The Hall–Kier alpha value is -0.260. The van der Waals surface area contributed by atoms with Crippen molar-refractivity contribution < 1.29 is 8.42 Å². The van der Waals surface area contributed by atoms with Gasteiger partial charge in [0.25, 0.3) is 0 Å². The van der Waals surface area contributed by atoms with Gasteiger partial charge in [0.15, 0.2) is 0 Å². The molecule has 0 saturated heterocycles. The van der Waals surface area contributed by atoms with Crippen molar-refractivity contribution in [2.45, 2.75) is 32.1 Å². The highest BCUT2D eigenvalue weighted by molar-refractivity contribution is 9.10. The van der Waals surface area contributed by atoms with Crippen molar-refractivity contribution in [3.05, 3.63) is 27.7 Å². The Bertz CT molecular complexity index is 542. The van der Waals surface area contributed by atoms with Crippen LogP contribution in [0.25, 0.3) is 0 Å². The fourth-order valence-electron chi connectivity index (χ4n) is 2.45. The van der Waals surface area contributed by atoms with E-state index in [4.69, 9.17) is 11.6 Å². The topological polar surface area (TPSA) is 46.2 Å². The summed E-state index contributed by atoms with van der Waals surface area (Å²) in [5.74, 6) is 0.500. The summed E-state index contributed by atoms with van der Waals surface area (Å²) in [7, 11) is -3.29. The van der Waals surface area contributed by atoms with Gasteiger partial charge in [0.1, 0.15) is 0 Å². The van der Waals surface area contributed by atoms with Gasteiger partial charge in [0, 0.05) is 9.50 Å². The van der Waals surface area contributed by atoms with E-state index in [2.05, 4.69) is 20.7 Å². The van der Waals surface area contributed by atoms with Gasteiger partial charge in [-0.05, 0) is 52.9 Å². The highest BCUT2D eigenvalue weighted by atomic mass is 79.9. The predicted molar refractivity (Wildman–Crippen MR) is 83.1 cm³/mol. The Labute approximate surface area is 127 Å². The smallest absolute Gasteiger partial charge is 0.233 e. The number of sulfonamides is 1. The first kappa shape index (κ1) is 15.1. The fourth-order valence-corrected chi connectivity index (χ4v) is 4.91. The van der Waals surface area contributed by atoms with Gasteiger partial charge < -0.3 is 0 Å². The van der Waals surface area contributed by atoms with Gasteiger partial charge in [-0.25, -0.2) is 8.42 Å². The van der Waals surface area contributed by atoms with Crippen molar-refractivity contribution in [2.75, 3.05) is 10.5 Å². The molecule has 1 saturated carbocycles. The molecule has 0 radical (unpaired) electrons. The van der Waals surface area contributed by atoms with Crippen LogP contribution in [0.5, 0.6) is 0 Å². The first-order valence-electron chi connectivity index (χ1n) is 6.42. The van der Waals surface area contributed by atoms with Crippen molar-refractivity contribution in [3.63, 3.8) is 0 Å². The summed E-state index contributed by atoms with van der Waals surface area (Å²) in [6.07, 6.45) is 5.55. The minimum atomic E-state index is -3.29. The van der Waals surface area contributed by atoms with Gasteiger partial charge in [-0.3, -0.25) is 4.72 Å². The van der Waals surface area contributed by atoms with E-state index in [0.717, 1.165) is 25.7 Å². The molecule has 1 fully saturated rings. The molecule has 0 aromatic heterocycles. The molecule has 0 amide bonds. The van der Waals surface area contributed by atoms with E-state index in [0.29, 0.717) is 15.2 Å². The van der Waals surface area contributed by atoms with Crippen LogP contribution >= 0.6 is 27.5 Å². The molecule has 6 heteroatoms. The van der Waals surface area contributed by atoms with E-state index < -0.39 is 10.0 Å². The molecule has 0 unspecified atom stereocenters. The summed E-state index contributed by atoms with van der Waals surface area (Å²) in [4.78, 5) is 0. The highest BCUT2D eigenvalue weighted by Crippen LogP contribution is 2.29. The number of rotatable bonds is 4. The first-order valence-corrected chi connectivity index (χ1v) is 9.24. The lowest BCUT2D eigenvalue weighted by Gasteiger charge is -2.21. The minimum absolute atomic E-state index is 0.210. The molecule has 0 atom stereocenters. The lowest BCUT2D eigenvalue weighted by atomic mass is 9.91. The largest absolute Gasteiger partial charge is 0.282 e. The predicted octanol–water partition coefficient (Wildman–Crippen LogP) is 4.42. The molecule has 106 valence electrons. The summed E-state index contributed by atoms with van der Waals surface area (Å²) < 4.78 is 27.6. The number of anilines is 1. The number of hydrogen-bond donors (Lipinski definition) is 1. The van der Waals surface area contributed by atoms with E-state index in [1.807, 2.05) is 0 Å². The Morgan fingerprint density at radius 2 is 1.95 bits per heavy atom. The average molecular weight is 367 g/mol. The van der Waals surface area contributed by atoms with Crippen LogP contribution in [-0.2, 0) is 10.0 Å². The normalized spacial score (nSPS) is 17.4. The van der Waals surface area contributed by atoms with Gasteiger partial charge in [-0.15, -0.1) is 0 Å². The van der Waals surface area contributed by atoms with Crippen molar-refractivity contribution >= 4 is 43.2 Å². The molecule has 2 rings (SSSR count). The maximum atomic E-state index is 12.1. The quantitative estimate of drug-likeness (QED) is 0.857. The van der Waals surface area contributed by atoms with Crippen LogP contribution in [0.3, 0.4) is 0 Å². The number of nitrogens with one attached hydrogen (secondary N) is 1. The van der Waals surface area contributed by atoms with E-state index in [-0.39, 0.29) is 11.7 Å². The highest BCUT2D eigenvalue weighted by Gasteiger charge is 2.21. The number of hydrogen-bond acceptors (Lipinski definition) is 2. The van der Waals surface area contributed by atoms with Crippen LogP contribution in [0, 0.1) is 5.92 Å².